The summed E-state index contributed by atoms with van der Waals surface area (Å²) in [5.41, 5.74) is 0.787. The largest absolute Gasteiger partial charge is 0.454 e. The van der Waals surface area contributed by atoms with Gasteiger partial charge < -0.3 is 9.47 Å². The van der Waals surface area contributed by atoms with Gasteiger partial charge in [0.25, 0.3) is 0 Å². The number of fused-ring (bicyclic) bond motifs is 1. The van der Waals surface area contributed by atoms with Crippen molar-refractivity contribution in [2.75, 3.05) is 6.79 Å². The highest BCUT2D eigenvalue weighted by Crippen LogP contribution is 2.34. The Balaban J connectivity index is 1.83. The molecule has 1 N–H and O–H groups in total. The van der Waals surface area contributed by atoms with E-state index in [1.165, 1.54) is 12.1 Å². The molecule has 5 nitrogen and oxygen atoms in total. The average Bonchev–Trinajstić information content (AvgIpc) is 2.94. The zero-order valence-electron chi connectivity index (χ0n) is 11.7. The van der Waals surface area contributed by atoms with Gasteiger partial charge in [0.15, 0.2) is 11.5 Å². The second-order valence-electron chi connectivity index (χ2n) is 4.91. The van der Waals surface area contributed by atoms with E-state index in [9.17, 15) is 8.42 Å². The zero-order valence-corrected chi connectivity index (χ0v) is 13.3. The van der Waals surface area contributed by atoms with Gasteiger partial charge in [-0.25, -0.2) is 13.1 Å². The predicted molar refractivity (Wildman–Crippen MR) is 82.8 cm³/mol. The van der Waals surface area contributed by atoms with Gasteiger partial charge in [-0.1, -0.05) is 23.7 Å². The van der Waals surface area contributed by atoms with Crippen LogP contribution >= 0.6 is 11.6 Å². The first kappa shape index (κ1) is 15.1. The third-order valence-corrected chi connectivity index (χ3v) is 5.11. The molecular formula is C15H14ClNO4S. The van der Waals surface area contributed by atoms with Gasteiger partial charge in [-0.2, -0.15) is 0 Å². The molecule has 0 aliphatic carbocycles. The smallest absolute Gasteiger partial charge is 0.241 e. The van der Waals surface area contributed by atoms with Gasteiger partial charge in [-0.3, -0.25) is 0 Å². The van der Waals surface area contributed by atoms with Gasteiger partial charge in [-0.15, -0.1) is 0 Å². The molecule has 1 aliphatic heterocycles. The van der Waals surface area contributed by atoms with Crippen molar-refractivity contribution in [3.8, 4) is 11.5 Å². The minimum Gasteiger partial charge on any atom is -0.454 e. The lowest BCUT2D eigenvalue weighted by Gasteiger charge is -2.15. The summed E-state index contributed by atoms with van der Waals surface area (Å²) in [5.74, 6) is 1.28. The van der Waals surface area contributed by atoms with Crippen LogP contribution in [0.4, 0.5) is 0 Å². The Hall–Kier alpha value is -1.76. The summed E-state index contributed by atoms with van der Waals surface area (Å²) in [6.45, 7) is 1.95. The second-order valence-corrected chi connectivity index (χ2v) is 7.06. The van der Waals surface area contributed by atoms with Gasteiger partial charge in [0, 0.05) is 11.1 Å². The summed E-state index contributed by atoms with van der Waals surface area (Å²) in [4.78, 5) is 0.132. The maximum absolute atomic E-state index is 12.4. The number of ether oxygens (including phenoxy) is 2. The van der Waals surface area contributed by atoms with Crippen molar-refractivity contribution in [3.63, 3.8) is 0 Å². The van der Waals surface area contributed by atoms with Crippen LogP contribution < -0.4 is 14.2 Å². The molecule has 1 heterocycles. The molecule has 0 saturated carbocycles. The Morgan fingerprint density at radius 1 is 1.14 bits per heavy atom. The molecule has 22 heavy (non-hydrogen) atoms. The van der Waals surface area contributed by atoms with Crippen LogP contribution in [0.5, 0.6) is 11.5 Å². The van der Waals surface area contributed by atoms with Gasteiger partial charge >= 0.3 is 0 Å². The Labute approximate surface area is 133 Å². The molecule has 0 aromatic heterocycles. The molecule has 7 heteroatoms. The van der Waals surface area contributed by atoms with Crippen molar-refractivity contribution in [1.29, 1.82) is 0 Å². The fourth-order valence-electron chi connectivity index (χ4n) is 2.19. The van der Waals surface area contributed by atoms with Crippen LogP contribution in [-0.2, 0) is 10.0 Å². The molecule has 1 aliphatic rings. The average molecular weight is 340 g/mol. The molecule has 0 spiro atoms. The molecule has 0 amide bonds. The summed E-state index contributed by atoms with van der Waals surface area (Å²) in [5, 5.41) is 0.374. The molecule has 2 aromatic carbocycles. The third kappa shape index (κ3) is 3.04. The first-order valence-corrected chi connectivity index (χ1v) is 8.49. The van der Waals surface area contributed by atoms with E-state index >= 15 is 0 Å². The van der Waals surface area contributed by atoms with Gasteiger partial charge in [0.05, 0.1) is 4.90 Å². The highest BCUT2D eigenvalue weighted by atomic mass is 35.5. The number of nitrogens with one attached hydrogen (secondary N) is 1. The molecular weight excluding hydrogens is 326 g/mol. The van der Waals surface area contributed by atoms with E-state index in [4.69, 9.17) is 21.1 Å². The monoisotopic (exact) mass is 339 g/mol. The summed E-state index contributed by atoms with van der Waals surface area (Å²) >= 11 is 5.85. The van der Waals surface area contributed by atoms with E-state index < -0.39 is 16.1 Å². The third-order valence-electron chi connectivity index (χ3n) is 3.33. The minimum atomic E-state index is -3.65. The fraction of sp³-hybridized carbons (Fsp3) is 0.200. The summed E-state index contributed by atoms with van der Waals surface area (Å²) in [6, 6.07) is 11.1. The van der Waals surface area contributed by atoms with E-state index in [1.54, 1.807) is 37.3 Å². The Morgan fingerprint density at radius 2 is 1.91 bits per heavy atom. The topological polar surface area (TPSA) is 64.6 Å². The highest BCUT2D eigenvalue weighted by Gasteiger charge is 2.21. The zero-order chi connectivity index (χ0) is 15.7. The second kappa shape index (κ2) is 5.79. The SMILES string of the molecule is CC(NS(=O)(=O)c1cccc(Cl)c1)c1ccc2c(c1)OCO2. The highest BCUT2D eigenvalue weighted by molar-refractivity contribution is 7.89. The number of hydrogen-bond donors (Lipinski definition) is 1. The minimum absolute atomic E-state index is 0.132. The molecule has 0 saturated heterocycles. The molecule has 0 bridgehead atoms. The molecule has 116 valence electrons. The van der Waals surface area contributed by atoms with Crippen molar-refractivity contribution in [2.24, 2.45) is 0 Å². The summed E-state index contributed by atoms with van der Waals surface area (Å²) in [7, 11) is -3.65. The van der Waals surface area contributed by atoms with Gasteiger partial charge in [0.1, 0.15) is 0 Å². The molecule has 2 aromatic rings. The number of sulfonamides is 1. The normalized spacial score (nSPS) is 14.8. The van der Waals surface area contributed by atoms with Crippen LogP contribution in [0.3, 0.4) is 0 Å². The van der Waals surface area contributed by atoms with Crippen molar-refractivity contribution in [2.45, 2.75) is 17.9 Å². The van der Waals surface area contributed by atoms with Crippen LogP contribution in [-0.4, -0.2) is 15.2 Å². The maximum Gasteiger partial charge on any atom is 0.241 e. The summed E-state index contributed by atoms with van der Waals surface area (Å²) in [6.07, 6.45) is 0. The standard InChI is InChI=1S/C15H14ClNO4S/c1-10(11-5-6-14-15(7-11)21-9-20-14)17-22(18,19)13-4-2-3-12(16)8-13/h2-8,10,17H,9H2,1H3. The van der Waals surface area contributed by atoms with Crippen LogP contribution in [0.25, 0.3) is 0 Å². The van der Waals surface area contributed by atoms with E-state index in [0.29, 0.717) is 16.5 Å². The number of hydrogen-bond acceptors (Lipinski definition) is 4. The van der Waals surface area contributed by atoms with E-state index in [1.807, 2.05) is 0 Å². The molecule has 1 atom stereocenters. The van der Waals surface area contributed by atoms with E-state index in [-0.39, 0.29) is 11.7 Å². The molecule has 0 radical (unpaired) electrons. The van der Waals surface area contributed by atoms with Crippen molar-refractivity contribution in [3.05, 3.63) is 53.1 Å². The molecule has 1 unspecified atom stereocenters. The molecule has 0 fully saturated rings. The predicted octanol–water partition coefficient (Wildman–Crippen LogP) is 3.11. The number of rotatable bonds is 4. The lowest BCUT2D eigenvalue weighted by Crippen LogP contribution is -2.26. The van der Waals surface area contributed by atoms with Crippen molar-refractivity contribution in [1.82, 2.24) is 4.72 Å². The van der Waals surface area contributed by atoms with E-state index in [2.05, 4.69) is 4.72 Å². The van der Waals surface area contributed by atoms with Gasteiger partial charge in [0.2, 0.25) is 16.8 Å². The lowest BCUT2D eigenvalue weighted by atomic mass is 10.1. The van der Waals surface area contributed by atoms with Crippen LogP contribution in [0.2, 0.25) is 5.02 Å². The first-order valence-electron chi connectivity index (χ1n) is 6.63. The fourth-order valence-corrected chi connectivity index (χ4v) is 3.72. The quantitative estimate of drug-likeness (QED) is 0.929. The Morgan fingerprint density at radius 3 is 2.68 bits per heavy atom. The lowest BCUT2D eigenvalue weighted by molar-refractivity contribution is 0.174. The van der Waals surface area contributed by atoms with Gasteiger partial charge in [-0.05, 0) is 42.8 Å². The van der Waals surface area contributed by atoms with Crippen LogP contribution in [0.1, 0.15) is 18.5 Å². The maximum atomic E-state index is 12.4. The van der Waals surface area contributed by atoms with E-state index in [0.717, 1.165) is 5.56 Å². The Kier molecular flexibility index (Phi) is 3.99. The van der Waals surface area contributed by atoms with Crippen molar-refractivity contribution < 1.29 is 17.9 Å². The van der Waals surface area contributed by atoms with Crippen LogP contribution in [0.15, 0.2) is 47.4 Å². The Bertz CT molecular complexity index is 807. The summed E-state index contributed by atoms with van der Waals surface area (Å²) < 4.78 is 37.9. The van der Waals surface area contributed by atoms with Crippen LogP contribution in [0, 0.1) is 0 Å². The first-order chi connectivity index (χ1) is 10.5. The number of halogens is 1. The number of benzene rings is 2. The van der Waals surface area contributed by atoms with Crippen molar-refractivity contribution >= 4 is 21.6 Å². The molecule has 3 rings (SSSR count).